The number of esters is 1. The Morgan fingerprint density at radius 1 is 1.20 bits per heavy atom. The molecule has 132 valence electrons. The lowest BCUT2D eigenvalue weighted by atomic mass is 10.1. The van der Waals surface area contributed by atoms with Crippen molar-refractivity contribution in [1.29, 1.82) is 0 Å². The normalized spacial score (nSPS) is 18.7. The molecule has 5 nitrogen and oxygen atoms in total. The van der Waals surface area contributed by atoms with Gasteiger partial charge in [0.25, 0.3) is 0 Å². The Morgan fingerprint density at radius 3 is 2.40 bits per heavy atom. The second kappa shape index (κ2) is 6.75. The first-order valence-electron chi connectivity index (χ1n) is 8.45. The molecule has 1 heterocycles. The third-order valence-electron chi connectivity index (χ3n) is 4.82. The van der Waals surface area contributed by atoms with Crippen molar-refractivity contribution in [2.75, 3.05) is 13.7 Å². The number of ether oxygens (including phenoxy) is 2. The standard InChI is InChI=1S/C20H23NO4/c1-12-9-17(12)20(23)25-11-19(22)18-10-13(2)21(14(18)3)15-5-7-16(24-4)8-6-15/h5-8,10,12,17H,9,11H2,1-4H3. The van der Waals surface area contributed by atoms with Crippen LogP contribution in [0, 0.1) is 25.7 Å². The molecule has 2 unspecified atom stereocenters. The van der Waals surface area contributed by atoms with E-state index in [-0.39, 0.29) is 24.3 Å². The molecule has 3 rings (SSSR count). The maximum Gasteiger partial charge on any atom is 0.309 e. The van der Waals surface area contributed by atoms with Gasteiger partial charge in [-0.05, 0) is 56.5 Å². The Kier molecular flexibility index (Phi) is 4.66. The van der Waals surface area contributed by atoms with Crippen LogP contribution in [0.2, 0.25) is 0 Å². The highest BCUT2D eigenvalue weighted by Crippen LogP contribution is 2.38. The van der Waals surface area contributed by atoms with Crippen molar-refractivity contribution in [2.24, 2.45) is 11.8 Å². The number of ketones is 1. The van der Waals surface area contributed by atoms with Crippen LogP contribution in [0.15, 0.2) is 30.3 Å². The number of nitrogens with zero attached hydrogens (tertiary/aromatic N) is 1. The molecule has 0 amide bonds. The van der Waals surface area contributed by atoms with E-state index >= 15 is 0 Å². The predicted molar refractivity (Wildman–Crippen MR) is 94.4 cm³/mol. The number of aryl methyl sites for hydroxylation is 1. The number of hydrogen-bond donors (Lipinski definition) is 0. The molecule has 0 N–H and O–H groups in total. The zero-order valence-electron chi connectivity index (χ0n) is 15.0. The van der Waals surface area contributed by atoms with E-state index in [1.54, 1.807) is 7.11 Å². The molecule has 0 radical (unpaired) electrons. The molecule has 2 atom stereocenters. The Balaban J connectivity index is 1.76. The Hall–Kier alpha value is -2.56. The second-order valence-corrected chi connectivity index (χ2v) is 6.67. The first kappa shape index (κ1) is 17.3. The number of carbonyl (C=O) groups is 2. The van der Waals surface area contributed by atoms with Gasteiger partial charge in [0.05, 0.1) is 13.0 Å². The highest BCUT2D eigenvalue weighted by molar-refractivity contribution is 5.99. The molecular weight excluding hydrogens is 318 g/mol. The van der Waals surface area contributed by atoms with Gasteiger partial charge in [-0.15, -0.1) is 0 Å². The van der Waals surface area contributed by atoms with E-state index in [0.29, 0.717) is 11.5 Å². The summed E-state index contributed by atoms with van der Waals surface area (Å²) in [5.41, 5.74) is 3.33. The number of carbonyl (C=O) groups excluding carboxylic acids is 2. The number of benzene rings is 1. The summed E-state index contributed by atoms with van der Waals surface area (Å²) in [4.78, 5) is 24.3. The molecule has 5 heteroatoms. The van der Waals surface area contributed by atoms with Crippen molar-refractivity contribution in [1.82, 2.24) is 4.57 Å². The van der Waals surface area contributed by atoms with Crippen LogP contribution in [0.1, 0.15) is 35.1 Å². The smallest absolute Gasteiger partial charge is 0.309 e. The molecule has 2 aromatic rings. The zero-order chi connectivity index (χ0) is 18.1. The molecule has 1 fully saturated rings. The van der Waals surface area contributed by atoms with E-state index in [4.69, 9.17) is 9.47 Å². The fraction of sp³-hybridized carbons (Fsp3) is 0.400. The van der Waals surface area contributed by atoms with Gasteiger partial charge in [0.15, 0.2) is 6.61 Å². The van der Waals surface area contributed by atoms with E-state index in [1.807, 2.05) is 55.7 Å². The summed E-state index contributed by atoms with van der Waals surface area (Å²) in [7, 11) is 1.63. The van der Waals surface area contributed by atoms with Gasteiger partial charge in [-0.25, -0.2) is 0 Å². The molecule has 1 aromatic carbocycles. The first-order chi connectivity index (χ1) is 11.9. The van der Waals surface area contributed by atoms with E-state index in [2.05, 4.69) is 0 Å². The SMILES string of the molecule is COc1ccc(-n2c(C)cc(C(=O)COC(=O)C3CC3C)c2C)cc1. The molecule has 0 bridgehead atoms. The van der Waals surface area contributed by atoms with Gasteiger partial charge >= 0.3 is 5.97 Å². The number of hydrogen-bond acceptors (Lipinski definition) is 4. The Bertz CT molecular complexity index is 804. The average Bonchev–Trinajstić information content (AvgIpc) is 3.26. The van der Waals surface area contributed by atoms with Crippen LogP contribution in [0.3, 0.4) is 0 Å². The van der Waals surface area contributed by atoms with Crippen molar-refractivity contribution in [3.63, 3.8) is 0 Å². The molecule has 1 aliphatic rings. The summed E-state index contributed by atoms with van der Waals surface area (Å²) in [6.45, 7) is 5.66. The highest BCUT2D eigenvalue weighted by Gasteiger charge is 2.40. The van der Waals surface area contributed by atoms with Crippen LogP contribution in [-0.2, 0) is 9.53 Å². The summed E-state index contributed by atoms with van der Waals surface area (Å²) in [5.74, 6) is 0.699. The predicted octanol–water partition coefficient (Wildman–Crippen LogP) is 3.48. The minimum absolute atomic E-state index is 0.0282. The second-order valence-electron chi connectivity index (χ2n) is 6.67. The Labute approximate surface area is 147 Å². The number of methoxy groups -OCH3 is 1. The fourth-order valence-corrected chi connectivity index (χ4v) is 3.15. The van der Waals surface area contributed by atoms with Crippen molar-refractivity contribution >= 4 is 11.8 Å². The summed E-state index contributed by atoms with van der Waals surface area (Å²) < 4.78 is 12.4. The summed E-state index contributed by atoms with van der Waals surface area (Å²) in [6.07, 6.45) is 0.860. The number of aromatic nitrogens is 1. The topological polar surface area (TPSA) is 57.5 Å². The van der Waals surface area contributed by atoms with Crippen LogP contribution in [0.4, 0.5) is 0 Å². The van der Waals surface area contributed by atoms with E-state index in [9.17, 15) is 9.59 Å². The van der Waals surface area contributed by atoms with Gasteiger partial charge in [-0.3, -0.25) is 9.59 Å². The maximum atomic E-state index is 12.5. The van der Waals surface area contributed by atoms with Crippen LogP contribution >= 0.6 is 0 Å². The highest BCUT2D eigenvalue weighted by atomic mass is 16.5. The minimum atomic E-state index is -0.259. The van der Waals surface area contributed by atoms with Crippen molar-refractivity contribution < 1.29 is 19.1 Å². The number of rotatable bonds is 6. The average molecular weight is 341 g/mol. The lowest BCUT2D eigenvalue weighted by Crippen LogP contribution is -2.16. The van der Waals surface area contributed by atoms with Crippen LogP contribution < -0.4 is 4.74 Å². The lowest BCUT2D eigenvalue weighted by molar-refractivity contribution is -0.144. The molecule has 1 saturated carbocycles. The number of Topliss-reactive ketones (excluding diaryl/α,β-unsaturated/α-hetero) is 1. The zero-order valence-corrected chi connectivity index (χ0v) is 15.0. The third kappa shape index (κ3) is 3.45. The van der Waals surface area contributed by atoms with Crippen molar-refractivity contribution in [3.05, 3.63) is 47.3 Å². The summed E-state index contributed by atoms with van der Waals surface area (Å²) in [5, 5.41) is 0. The molecular formula is C20H23NO4. The molecule has 1 aliphatic carbocycles. The quantitative estimate of drug-likeness (QED) is 0.596. The molecule has 0 spiro atoms. The van der Waals surface area contributed by atoms with Crippen LogP contribution in [-0.4, -0.2) is 30.0 Å². The molecule has 0 saturated heterocycles. The maximum absolute atomic E-state index is 12.5. The van der Waals surface area contributed by atoms with Gasteiger partial charge in [0.1, 0.15) is 5.75 Å². The molecule has 0 aliphatic heterocycles. The van der Waals surface area contributed by atoms with Gasteiger partial charge < -0.3 is 14.0 Å². The third-order valence-corrected chi connectivity index (χ3v) is 4.82. The largest absolute Gasteiger partial charge is 0.497 e. The van der Waals surface area contributed by atoms with Gasteiger partial charge in [-0.1, -0.05) is 6.92 Å². The first-order valence-corrected chi connectivity index (χ1v) is 8.45. The van der Waals surface area contributed by atoms with E-state index in [0.717, 1.165) is 29.2 Å². The van der Waals surface area contributed by atoms with Crippen molar-refractivity contribution in [2.45, 2.75) is 27.2 Å². The minimum Gasteiger partial charge on any atom is -0.497 e. The molecule has 1 aromatic heterocycles. The van der Waals surface area contributed by atoms with Crippen molar-refractivity contribution in [3.8, 4) is 11.4 Å². The van der Waals surface area contributed by atoms with Gasteiger partial charge in [-0.2, -0.15) is 0 Å². The molecule has 25 heavy (non-hydrogen) atoms. The summed E-state index contributed by atoms with van der Waals surface area (Å²) in [6, 6.07) is 9.50. The monoisotopic (exact) mass is 341 g/mol. The van der Waals surface area contributed by atoms with E-state index < -0.39 is 0 Å². The van der Waals surface area contributed by atoms with E-state index in [1.165, 1.54) is 0 Å². The fourth-order valence-electron chi connectivity index (χ4n) is 3.15. The summed E-state index contributed by atoms with van der Waals surface area (Å²) >= 11 is 0. The Morgan fingerprint density at radius 2 is 1.84 bits per heavy atom. The van der Waals surface area contributed by atoms with Gasteiger partial charge in [0.2, 0.25) is 5.78 Å². The van der Waals surface area contributed by atoms with Gasteiger partial charge in [0, 0.05) is 22.6 Å². The lowest BCUT2D eigenvalue weighted by Gasteiger charge is -2.11. The van der Waals surface area contributed by atoms with Crippen LogP contribution in [0.5, 0.6) is 5.75 Å². The van der Waals surface area contributed by atoms with Crippen LogP contribution in [0.25, 0.3) is 5.69 Å².